The fourth-order valence-electron chi connectivity index (χ4n) is 1.68. The molecule has 1 aromatic carbocycles. The molecule has 1 amide bonds. The Morgan fingerprint density at radius 3 is 2.57 bits per heavy atom. The van der Waals surface area contributed by atoms with E-state index in [0.717, 1.165) is 12.1 Å². The zero-order chi connectivity index (χ0) is 15.6. The van der Waals surface area contributed by atoms with Crippen molar-refractivity contribution in [2.24, 2.45) is 0 Å². The number of rotatable bonds is 2. The maximum absolute atomic E-state index is 12.6. The van der Waals surface area contributed by atoms with E-state index in [1.165, 1.54) is 12.3 Å². The molecular weight excluding hydrogens is 285 g/mol. The van der Waals surface area contributed by atoms with E-state index in [1.54, 1.807) is 13.0 Å². The number of carbonyl (C=O) groups is 1. The summed E-state index contributed by atoms with van der Waals surface area (Å²) in [6.45, 7) is 1.65. The predicted octanol–water partition coefficient (Wildman–Crippen LogP) is 3.73. The van der Waals surface area contributed by atoms with E-state index in [1.807, 2.05) is 0 Å². The van der Waals surface area contributed by atoms with Gasteiger partial charge in [0, 0.05) is 0 Å². The largest absolute Gasteiger partial charge is 0.469 e. The van der Waals surface area contributed by atoms with E-state index in [0.29, 0.717) is 11.8 Å². The standard InChI is InChI=1S/C14H9F3N2O2/c1-8-4-10(7-21-8)13(20)19-12-3-2-11(14(15,16)17)5-9(12)6-18/h2-5,7H,1H3,(H,19,20). The van der Waals surface area contributed by atoms with Gasteiger partial charge >= 0.3 is 6.18 Å². The van der Waals surface area contributed by atoms with E-state index >= 15 is 0 Å². The van der Waals surface area contributed by atoms with Crippen LogP contribution >= 0.6 is 0 Å². The van der Waals surface area contributed by atoms with E-state index < -0.39 is 17.6 Å². The Kier molecular flexibility index (Phi) is 3.72. The third-order valence-corrected chi connectivity index (χ3v) is 2.71. The van der Waals surface area contributed by atoms with E-state index in [2.05, 4.69) is 5.32 Å². The van der Waals surface area contributed by atoms with Crippen LogP contribution in [0.4, 0.5) is 18.9 Å². The molecule has 1 heterocycles. The number of hydrogen-bond donors (Lipinski definition) is 1. The second-order valence-electron chi connectivity index (χ2n) is 4.27. The Morgan fingerprint density at radius 1 is 1.33 bits per heavy atom. The Hall–Kier alpha value is -2.75. The monoisotopic (exact) mass is 294 g/mol. The van der Waals surface area contributed by atoms with Gasteiger partial charge in [0.05, 0.1) is 22.4 Å². The third kappa shape index (κ3) is 3.23. The van der Waals surface area contributed by atoms with Gasteiger partial charge in [0.2, 0.25) is 0 Å². The number of amides is 1. The SMILES string of the molecule is Cc1cc(C(=O)Nc2ccc(C(F)(F)F)cc2C#N)co1. The van der Waals surface area contributed by atoms with Crippen LogP contribution in [0.5, 0.6) is 0 Å². The molecule has 0 saturated carbocycles. The second-order valence-corrected chi connectivity index (χ2v) is 4.27. The molecule has 7 heteroatoms. The molecule has 0 saturated heterocycles. The molecule has 0 aliphatic heterocycles. The summed E-state index contributed by atoms with van der Waals surface area (Å²) in [5, 5.41) is 11.3. The van der Waals surface area contributed by atoms with Crippen LogP contribution in [0.15, 0.2) is 34.9 Å². The summed E-state index contributed by atoms with van der Waals surface area (Å²) in [5.74, 6) is -0.0452. The molecule has 2 rings (SSSR count). The Balaban J connectivity index is 2.29. The van der Waals surface area contributed by atoms with Gasteiger partial charge in [-0.25, -0.2) is 0 Å². The number of nitriles is 1. The highest BCUT2D eigenvalue weighted by Gasteiger charge is 2.31. The van der Waals surface area contributed by atoms with Crippen molar-refractivity contribution in [2.75, 3.05) is 5.32 Å². The number of nitrogens with one attached hydrogen (secondary N) is 1. The number of carbonyl (C=O) groups excluding carboxylic acids is 1. The van der Waals surface area contributed by atoms with E-state index in [9.17, 15) is 18.0 Å². The predicted molar refractivity (Wildman–Crippen MR) is 67.6 cm³/mol. The molecule has 0 bridgehead atoms. The summed E-state index contributed by atoms with van der Waals surface area (Å²) < 4.78 is 42.6. The number of halogens is 3. The zero-order valence-corrected chi connectivity index (χ0v) is 10.8. The van der Waals surface area contributed by atoms with Crippen molar-refractivity contribution in [3.8, 4) is 6.07 Å². The lowest BCUT2D eigenvalue weighted by atomic mass is 10.1. The lowest BCUT2D eigenvalue weighted by molar-refractivity contribution is -0.137. The number of nitrogens with zero attached hydrogens (tertiary/aromatic N) is 1. The molecule has 0 radical (unpaired) electrons. The molecule has 2 aromatic rings. The minimum Gasteiger partial charge on any atom is -0.469 e. The maximum Gasteiger partial charge on any atom is 0.416 e. The Bertz CT molecular complexity index is 727. The lowest BCUT2D eigenvalue weighted by Crippen LogP contribution is -2.13. The summed E-state index contributed by atoms with van der Waals surface area (Å²) in [5.41, 5.74) is -0.986. The second kappa shape index (κ2) is 5.32. The Morgan fingerprint density at radius 2 is 2.05 bits per heavy atom. The number of hydrogen-bond acceptors (Lipinski definition) is 3. The average molecular weight is 294 g/mol. The van der Waals surface area contributed by atoms with Crippen LogP contribution in [-0.4, -0.2) is 5.91 Å². The molecule has 0 spiro atoms. The van der Waals surface area contributed by atoms with E-state index in [-0.39, 0.29) is 16.8 Å². The van der Waals surface area contributed by atoms with Gasteiger partial charge in [0.15, 0.2) is 0 Å². The fraction of sp³-hybridized carbons (Fsp3) is 0.143. The highest BCUT2D eigenvalue weighted by molar-refractivity contribution is 6.04. The minimum atomic E-state index is -4.55. The smallest absolute Gasteiger partial charge is 0.416 e. The normalized spacial score (nSPS) is 11.0. The van der Waals surface area contributed by atoms with Crippen molar-refractivity contribution in [3.63, 3.8) is 0 Å². The molecule has 108 valence electrons. The molecule has 4 nitrogen and oxygen atoms in total. The first-order chi connectivity index (χ1) is 9.81. The number of anilines is 1. The summed E-state index contributed by atoms with van der Waals surface area (Å²) >= 11 is 0. The Labute approximate surface area is 117 Å². The van der Waals surface area contributed by atoms with Crippen molar-refractivity contribution in [2.45, 2.75) is 13.1 Å². The number of aryl methyl sites for hydroxylation is 1. The molecule has 0 aliphatic rings. The van der Waals surface area contributed by atoms with Crippen molar-refractivity contribution < 1.29 is 22.4 Å². The first-order valence-corrected chi connectivity index (χ1v) is 5.79. The van der Waals surface area contributed by atoms with Gasteiger partial charge in [-0.3, -0.25) is 4.79 Å². The van der Waals surface area contributed by atoms with Crippen molar-refractivity contribution in [3.05, 3.63) is 53.0 Å². The summed E-state index contributed by atoms with van der Waals surface area (Å²) in [7, 11) is 0. The van der Waals surface area contributed by atoms with Gasteiger partial charge in [-0.15, -0.1) is 0 Å². The van der Waals surface area contributed by atoms with E-state index in [4.69, 9.17) is 9.68 Å². The molecule has 0 atom stereocenters. The molecule has 0 fully saturated rings. The van der Waals surface area contributed by atoms with Gasteiger partial charge in [-0.1, -0.05) is 0 Å². The first kappa shape index (κ1) is 14.7. The van der Waals surface area contributed by atoms with Crippen LogP contribution in [-0.2, 0) is 6.18 Å². The van der Waals surface area contributed by atoms with Crippen LogP contribution in [0.3, 0.4) is 0 Å². The van der Waals surface area contributed by atoms with Crippen LogP contribution in [0.1, 0.15) is 27.2 Å². The summed E-state index contributed by atoms with van der Waals surface area (Å²) in [6, 6.07) is 5.65. The van der Waals surface area contributed by atoms with Crippen LogP contribution in [0.2, 0.25) is 0 Å². The quantitative estimate of drug-likeness (QED) is 0.917. The van der Waals surface area contributed by atoms with Crippen molar-refractivity contribution in [1.82, 2.24) is 0 Å². The first-order valence-electron chi connectivity index (χ1n) is 5.79. The van der Waals surface area contributed by atoms with Gasteiger partial charge in [0.25, 0.3) is 5.91 Å². The van der Waals surface area contributed by atoms with Crippen LogP contribution < -0.4 is 5.32 Å². The molecule has 1 N–H and O–H groups in total. The molecular formula is C14H9F3N2O2. The highest BCUT2D eigenvalue weighted by Crippen LogP contribution is 2.31. The minimum absolute atomic E-state index is 0.00866. The van der Waals surface area contributed by atoms with Crippen LogP contribution in [0, 0.1) is 18.3 Å². The molecule has 21 heavy (non-hydrogen) atoms. The third-order valence-electron chi connectivity index (χ3n) is 2.71. The molecule has 1 aromatic heterocycles. The number of furan rings is 1. The van der Waals surface area contributed by atoms with Gasteiger partial charge < -0.3 is 9.73 Å². The zero-order valence-electron chi connectivity index (χ0n) is 10.8. The molecule has 0 unspecified atom stereocenters. The summed E-state index contributed by atoms with van der Waals surface area (Å²) in [6.07, 6.45) is -3.32. The maximum atomic E-state index is 12.6. The topological polar surface area (TPSA) is 66.0 Å². The number of benzene rings is 1. The average Bonchev–Trinajstić information content (AvgIpc) is 2.84. The van der Waals surface area contributed by atoms with Crippen molar-refractivity contribution >= 4 is 11.6 Å². The number of alkyl halides is 3. The fourth-order valence-corrected chi connectivity index (χ4v) is 1.68. The highest BCUT2D eigenvalue weighted by atomic mass is 19.4. The van der Waals surface area contributed by atoms with Gasteiger partial charge in [-0.2, -0.15) is 18.4 Å². The van der Waals surface area contributed by atoms with Crippen LogP contribution in [0.25, 0.3) is 0 Å². The summed E-state index contributed by atoms with van der Waals surface area (Å²) in [4.78, 5) is 11.9. The van der Waals surface area contributed by atoms with Crippen molar-refractivity contribution in [1.29, 1.82) is 5.26 Å². The van der Waals surface area contributed by atoms with Gasteiger partial charge in [0.1, 0.15) is 18.1 Å². The van der Waals surface area contributed by atoms with Gasteiger partial charge in [-0.05, 0) is 31.2 Å². The lowest BCUT2D eigenvalue weighted by Gasteiger charge is -2.10. The molecule has 0 aliphatic carbocycles.